The van der Waals surface area contributed by atoms with Crippen molar-refractivity contribution in [2.24, 2.45) is 0 Å². The van der Waals surface area contributed by atoms with Gasteiger partial charge in [-0.1, -0.05) is 13.0 Å². The average Bonchev–Trinajstić information content (AvgIpc) is 2.46. The molecule has 0 aliphatic carbocycles. The first-order valence-electron chi connectivity index (χ1n) is 7.12. The molecule has 5 nitrogen and oxygen atoms in total. The molecule has 1 heterocycles. The van der Waals surface area contributed by atoms with Gasteiger partial charge in [0, 0.05) is 19.2 Å². The molecule has 2 rings (SSSR count). The molecule has 0 bridgehead atoms. The van der Waals surface area contributed by atoms with Crippen LogP contribution in [0.3, 0.4) is 0 Å². The monoisotopic (exact) mass is 316 g/mol. The lowest BCUT2D eigenvalue weighted by Gasteiger charge is -2.23. The minimum Gasteiger partial charge on any atom is -0.380 e. The topological polar surface area (TPSA) is 67.4 Å². The number of halogens is 1. The van der Waals surface area contributed by atoms with E-state index in [0.29, 0.717) is 31.9 Å². The maximum atomic E-state index is 13.4. The Morgan fingerprint density at radius 2 is 2.24 bits per heavy atom. The van der Waals surface area contributed by atoms with Crippen molar-refractivity contribution in [1.29, 1.82) is 0 Å². The zero-order valence-corrected chi connectivity index (χ0v) is 12.9. The summed E-state index contributed by atoms with van der Waals surface area (Å²) < 4.78 is 46.3. The van der Waals surface area contributed by atoms with Crippen LogP contribution >= 0.6 is 0 Å². The molecule has 2 N–H and O–H groups in total. The number of hydrogen-bond acceptors (Lipinski definition) is 4. The predicted molar refractivity (Wildman–Crippen MR) is 77.9 cm³/mol. The normalized spacial score (nSPS) is 19.6. The summed E-state index contributed by atoms with van der Waals surface area (Å²) in [5.74, 6) is -0.560. The van der Waals surface area contributed by atoms with E-state index in [-0.39, 0.29) is 10.9 Å². The molecule has 7 heteroatoms. The second-order valence-corrected chi connectivity index (χ2v) is 6.75. The van der Waals surface area contributed by atoms with Crippen LogP contribution in [0.5, 0.6) is 0 Å². The second kappa shape index (κ2) is 7.31. The van der Waals surface area contributed by atoms with Crippen molar-refractivity contribution in [3.05, 3.63) is 29.6 Å². The van der Waals surface area contributed by atoms with Crippen molar-refractivity contribution >= 4 is 10.0 Å². The van der Waals surface area contributed by atoms with E-state index in [4.69, 9.17) is 4.74 Å². The number of hydrogen-bond donors (Lipinski definition) is 2. The van der Waals surface area contributed by atoms with Gasteiger partial charge in [0.2, 0.25) is 10.0 Å². The third-order valence-corrected chi connectivity index (χ3v) is 4.97. The van der Waals surface area contributed by atoms with Crippen molar-refractivity contribution < 1.29 is 17.5 Å². The van der Waals surface area contributed by atoms with Crippen molar-refractivity contribution in [2.75, 3.05) is 19.8 Å². The highest BCUT2D eigenvalue weighted by Gasteiger charge is 2.24. The van der Waals surface area contributed by atoms with Crippen LogP contribution in [0.4, 0.5) is 4.39 Å². The van der Waals surface area contributed by atoms with E-state index >= 15 is 0 Å². The number of ether oxygens (including phenoxy) is 1. The smallest absolute Gasteiger partial charge is 0.241 e. The van der Waals surface area contributed by atoms with Crippen LogP contribution in [0.15, 0.2) is 23.1 Å². The summed E-state index contributed by atoms with van der Waals surface area (Å²) >= 11 is 0. The van der Waals surface area contributed by atoms with Crippen molar-refractivity contribution in [3.8, 4) is 0 Å². The van der Waals surface area contributed by atoms with Gasteiger partial charge in [0.1, 0.15) is 5.82 Å². The maximum Gasteiger partial charge on any atom is 0.241 e. The highest BCUT2D eigenvalue weighted by atomic mass is 32.2. The minimum absolute atomic E-state index is 0.00553. The Bertz CT molecular complexity index is 572. The molecule has 1 aliphatic rings. The first-order valence-corrected chi connectivity index (χ1v) is 8.60. The molecule has 1 saturated heterocycles. The Morgan fingerprint density at radius 3 is 2.90 bits per heavy atom. The summed E-state index contributed by atoms with van der Waals surface area (Å²) in [6.45, 7) is 4.03. The van der Waals surface area contributed by atoms with Gasteiger partial charge in [0.25, 0.3) is 0 Å². The van der Waals surface area contributed by atoms with Crippen LogP contribution in [-0.4, -0.2) is 34.2 Å². The largest absolute Gasteiger partial charge is 0.380 e. The lowest BCUT2D eigenvalue weighted by Crippen LogP contribution is -2.41. The Hall–Kier alpha value is -1.02. The molecule has 0 radical (unpaired) electrons. The number of nitrogens with one attached hydrogen (secondary N) is 2. The molecule has 1 atom stereocenters. The molecule has 118 valence electrons. The van der Waals surface area contributed by atoms with Gasteiger partial charge in [0.15, 0.2) is 0 Å². The Balaban J connectivity index is 2.22. The van der Waals surface area contributed by atoms with Gasteiger partial charge in [-0.2, -0.15) is 0 Å². The number of rotatable bonds is 6. The molecule has 0 aromatic heterocycles. The molecule has 1 aromatic carbocycles. The molecule has 0 spiro atoms. The molecular formula is C14H21FN2O3S. The van der Waals surface area contributed by atoms with Crippen LogP contribution in [0.2, 0.25) is 0 Å². The lowest BCUT2D eigenvalue weighted by molar-refractivity contribution is 0.0774. The van der Waals surface area contributed by atoms with E-state index in [1.54, 1.807) is 0 Å². The fourth-order valence-corrected chi connectivity index (χ4v) is 3.81. The summed E-state index contributed by atoms with van der Waals surface area (Å²) in [4.78, 5) is -0.00553. The highest BCUT2D eigenvalue weighted by molar-refractivity contribution is 7.89. The molecule has 0 saturated carbocycles. The molecule has 0 amide bonds. The van der Waals surface area contributed by atoms with Crippen molar-refractivity contribution in [1.82, 2.24) is 10.0 Å². The lowest BCUT2D eigenvalue weighted by atomic mass is 10.1. The SMILES string of the molecule is CCNCc1ccc(F)cc1S(=O)(=O)NC1CCCOC1. The van der Waals surface area contributed by atoms with E-state index < -0.39 is 15.8 Å². The third kappa shape index (κ3) is 4.47. The van der Waals surface area contributed by atoms with Crippen molar-refractivity contribution in [3.63, 3.8) is 0 Å². The number of sulfonamides is 1. The summed E-state index contributed by atoms with van der Waals surface area (Å²) in [6, 6.07) is 3.59. The Morgan fingerprint density at radius 1 is 1.43 bits per heavy atom. The van der Waals surface area contributed by atoms with Gasteiger partial charge in [-0.05, 0) is 37.1 Å². The quantitative estimate of drug-likeness (QED) is 0.832. The van der Waals surface area contributed by atoms with Crippen LogP contribution in [0.1, 0.15) is 25.3 Å². The maximum absolute atomic E-state index is 13.4. The molecule has 21 heavy (non-hydrogen) atoms. The van der Waals surface area contributed by atoms with Gasteiger partial charge >= 0.3 is 0 Å². The van der Waals surface area contributed by atoms with Gasteiger partial charge < -0.3 is 10.1 Å². The molecule has 1 unspecified atom stereocenters. The fraction of sp³-hybridized carbons (Fsp3) is 0.571. The second-order valence-electron chi connectivity index (χ2n) is 5.07. The first-order chi connectivity index (χ1) is 10.0. The van der Waals surface area contributed by atoms with Crippen LogP contribution in [0, 0.1) is 5.82 Å². The first kappa shape index (κ1) is 16.4. The van der Waals surface area contributed by atoms with E-state index in [1.165, 1.54) is 12.1 Å². The Kier molecular flexibility index (Phi) is 5.69. The van der Waals surface area contributed by atoms with Gasteiger partial charge in [0.05, 0.1) is 11.5 Å². The third-order valence-electron chi connectivity index (χ3n) is 3.37. The average molecular weight is 316 g/mol. The van der Waals surface area contributed by atoms with E-state index in [9.17, 15) is 12.8 Å². The summed E-state index contributed by atoms with van der Waals surface area (Å²) in [6.07, 6.45) is 1.55. The summed E-state index contributed by atoms with van der Waals surface area (Å²) in [5.41, 5.74) is 0.558. The summed E-state index contributed by atoms with van der Waals surface area (Å²) in [5, 5.41) is 3.06. The van der Waals surface area contributed by atoms with Gasteiger partial charge in [-0.15, -0.1) is 0 Å². The van der Waals surface area contributed by atoms with Gasteiger partial charge in [-0.3, -0.25) is 0 Å². The van der Waals surface area contributed by atoms with E-state index in [1.807, 2.05) is 6.92 Å². The minimum atomic E-state index is -3.75. The molecular weight excluding hydrogens is 295 g/mol. The molecule has 1 aromatic rings. The zero-order chi connectivity index (χ0) is 15.3. The molecule has 1 fully saturated rings. The van der Waals surface area contributed by atoms with Crippen LogP contribution < -0.4 is 10.0 Å². The van der Waals surface area contributed by atoms with E-state index in [0.717, 1.165) is 18.9 Å². The molecule has 1 aliphatic heterocycles. The van der Waals surface area contributed by atoms with Crippen LogP contribution in [0.25, 0.3) is 0 Å². The fourth-order valence-electron chi connectivity index (χ4n) is 2.30. The van der Waals surface area contributed by atoms with E-state index in [2.05, 4.69) is 10.0 Å². The summed E-state index contributed by atoms with van der Waals surface area (Å²) in [7, 11) is -3.75. The van der Waals surface area contributed by atoms with Crippen molar-refractivity contribution in [2.45, 2.75) is 37.2 Å². The van der Waals surface area contributed by atoms with Crippen LogP contribution in [-0.2, 0) is 21.3 Å². The highest BCUT2D eigenvalue weighted by Crippen LogP contribution is 2.19. The predicted octanol–water partition coefficient (Wildman–Crippen LogP) is 1.39. The number of benzene rings is 1. The van der Waals surface area contributed by atoms with Gasteiger partial charge in [-0.25, -0.2) is 17.5 Å². The zero-order valence-electron chi connectivity index (χ0n) is 12.1. The standard InChI is InChI=1S/C14H21FN2O3S/c1-2-16-9-11-5-6-12(15)8-14(11)21(18,19)17-13-4-3-7-20-10-13/h5-6,8,13,16-17H,2-4,7,9-10H2,1H3. The Labute approximate surface area is 124 Å².